The molecule has 1 saturated heterocycles. The summed E-state index contributed by atoms with van der Waals surface area (Å²) in [4.78, 5) is 32.8. The van der Waals surface area contributed by atoms with E-state index in [1.165, 1.54) is 6.42 Å². The second-order valence-corrected chi connectivity index (χ2v) is 6.41. The summed E-state index contributed by atoms with van der Waals surface area (Å²) in [5, 5.41) is 0. The van der Waals surface area contributed by atoms with E-state index in [9.17, 15) is 9.59 Å². The lowest BCUT2D eigenvalue weighted by Gasteiger charge is -2.32. The number of piperazine rings is 1. The van der Waals surface area contributed by atoms with Crippen LogP contribution in [0.3, 0.4) is 0 Å². The minimum absolute atomic E-state index is 0.0388. The number of nitrogens with zero attached hydrogens (tertiary/aromatic N) is 4. The molecule has 0 aromatic carbocycles. The smallest absolute Gasteiger partial charge is 0.253 e. The predicted octanol–water partition coefficient (Wildman–Crippen LogP) is 0.675. The molecule has 0 N–H and O–H groups in total. The second kappa shape index (κ2) is 6.60. The van der Waals surface area contributed by atoms with Gasteiger partial charge in [0.25, 0.3) is 5.56 Å². The second-order valence-electron chi connectivity index (χ2n) is 6.41. The average molecular weight is 304 g/mol. The van der Waals surface area contributed by atoms with E-state index in [1.54, 1.807) is 17.0 Å². The van der Waals surface area contributed by atoms with Crippen molar-refractivity contribution in [2.24, 2.45) is 0 Å². The number of likely N-dealkylation sites (N-methyl/N-ethyl adjacent to an activating group) is 1. The lowest BCUT2D eigenvalue weighted by atomic mass is 9.83. The van der Waals surface area contributed by atoms with Crippen molar-refractivity contribution < 1.29 is 4.79 Å². The molecule has 2 fully saturated rings. The van der Waals surface area contributed by atoms with Crippen LogP contribution in [0.4, 0.5) is 0 Å². The first-order valence-electron chi connectivity index (χ1n) is 8.16. The van der Waals surface area contributed by atoms with Crippen molar-refractivity contribution in [1.82, 2.24) is 19.4 Å². The predicted molar refractivity (Wildman–Crippen MR) is 83.8 cm³/mol. The van der Waals surface area contributed by atoms with Gasteiger partial charge in [-0.2, -0.15) is 0 Å². The minimum Gasteiger partial charge on any atom is -0.340 e. The molecule has 1 amide bonds. The molecule has 2 aliphatic rings. The van der Waals surface area contributed by atoms with Gasteiger partial charge in [0.15, 0.2) is 0 Å². The SMILES string of the molecule is CN1CCN(C(=O)CCn2cnc(C3CCC3)cc2=O)CC1. The molecule has 1 aromatic heterocycles. The molecule has 2 heterocycles. The van der Waals surface area contributed by atoms with Crippen LogP contribution in [0, 0.1) is 0 Å². The van der Waals surface area contributed by atoms with Crippen molar-refractivity contribution in [3.8, 4) is 0 Å². The van der Waals surface area contributed by atoms with Gasteiger partial charge in [0, 0.05) is 51.1 Å². The zero-order valence-corrected chi connectivity index (χ0v) is 13.2. The fourth-order valence-corrected chi connectivity index (χ4v) is 2.97. The Morgan fingerprint density at radius 3 is 2.59 bits per heavy atom. The lowest BCUT2D eigenvalue weighted by Crippen LogP contribution is -2.47. The quantitative estimate of drug-likeness (QED) is 0.820. The standard InChI is InChI=1S/C16H24N4O2/c1-18-7-9-19(10-8-18)15(21)5-6-20-12-17-14(11-16(20)22)13-3-2-4-13/h11-13H,2-10H2,1H3. The van der Waals surface area contributed by atoms with Crippen LogP contribution >= 0.6 is 0 Å². The molecule has 1 aliphatic heterocycles. The molecular weight excluding hydrogens is 280 g/mol. The Hall–Kier alpha value is -1.69. The normalized spacial score (nSPS) is 20.0. The van der Waals surface area contributed by atoms with Crippen molar-refractivity contribution in [2.45, 2.75) is 38.1 Å². The van der Waals surface area contributed by atoms with Crippen LogP contribution < -0.4 is 5.56 Å². The van der Waals surface area contributed by atoms with Crippen LogP contribution in [-0.2, 0) is 11.3 Å². The van der Waals surface area contributed by atoms with Gasteiger partial charge in [0.1, 0.15) is 0 Å². The van der Waals surface area contributed by atoms with E-state index in [0.29, 0.717) is 18.9 Å². The largest absolute Gasteiger partial charge is 0.340 e. The molecule has 6 nitrogen and oxygen atoms in total. The lowest BCUT2D eigenvalue weighted by molar-refractivity contribution is -0.133. The maximum Gasteiger partial charge on any atom is 0.253 e. The van der Waals surface area contributed by atoms with Crippen molar-refractivity contribution in [2.75, 3.05) is 33.2 Å². The van der Waals surface area contributed by atoms with Gasteiger partial charge in [-0.15, -0.1) is 0 Å². The van der Waals surface area contributed by atoms with E-state index in [2.05, 4.69) is 16.9 Å². The number of carbonyl (C=O) groups excluding carboxylic acids is 1. The van der Waals surface area contributed by atoms with Gasteiger partial charge >= 0.3 is 0 Å². The number of aromatic nitrogens is 2. The Morgan fingerprint density at radius 1 is 1.27 bits per heavy atom. The van der Waals surface area contributed by atoms with Crippen molar-refractivity contribution in [3.63, 3.8) is 0 Å². The summed E-state index contributed by atoms with van der Waals surface area (Å²) in [6, 6.07) is 1.64. The van der Waals surface area contributed by atoms with Crippen LogP contribution in [0.2, 0.25) is 0 Å². The van der Waals surface area contributed by atoms with Crippen LogP contribution in [0.5, 0.6) is 0 Å². The van der Waals surface area contributed by atoms with Crippen molar-refractivity contribution in [3.05, 3.63) is 28.4 Å². The van der Waals surface area contributed by atoms with E-state index in [4.69, 9.17) is 0 Å². The Labute approximate surface area is 130 Å². The third-order valence-corrected chi connectivity index (χ3v) is 4.85. The van der Waals surface area contributed by atoms with Gasteiger partial charge in [0.2, 0.25) is 5.91 Å². The third kappa shape index (κ3) is 3.38. The van der Waals surface area contributed by atoms with Crippen LogP contribution in [0.25, 0.3) is 0 Å². The molecule has 120 valence electrons. The maximum atomic E-state index is 12.2. The van der Waals surface area contributed by atoms with Crippen LogP contribution in [0.15, 0.2) is 17.2 Å². The molecule has 1 aliphatic carbocycles. The zero-order valence-electron chi connectivity index (χ0n) is 13.2. The number of hydrogen-bond acceptors (Lipinski definition) is 4. The molecule has 1 aromatic rings. The minimum atomic E-state index is -0.0388. The van der Waals surface area contributed by atoms with Gasteiger partial charge in [-0.3, -0.25) is 14.2 Å². The Bertz CT molecular complexity index is 586. The van der Waals surface area contributed by atoms with Crippen molar-refractivity contribution >= 4 is 5.91 Å². The molecule has 0 unspecified atom stereocenters. The summed E-state index contributed by atoms with van der Waals surface area (Å²) in [5.74, 6) is 0.595. The summed E-state index contributed by atoms with van der Waals surface area (Å²) in [6.07, 6.45) is 5.48. The maximum absolute atomic E-state index is 12.2. The first-order valence-corrected chi connectivity index (χ1v) is 8.16. The molecule has 0 radical (unpaired) electrons. The number of carbonyl (C=O) groups is 1. The van der Waals surface area contributed by atoms with Crippen molar-refractivity contribution in [1.29, 1.82) is 0 Å². The van der Waals surface area contributed by atoms with E-state index in [0.717, 1.165) is 44.7 Å². The molecule has 22 heavy (non-hydrogen) atoms. The van der Waals surface area contributed by atoms with Crippen LogP contribution in [-0.4, -0.2) is 58.5 Å². The first kappa shape index (κ1) is 15.2. The molecule has 0 bridgehead atoms. The summed E-state index contributed by atoms with van der Waals surface area (Å²) >= 11 is 0. The van der Waals surface area contributed by atoms with Gasteiger partial charge in [0.05, 0.1) is 12.0 Å². The molecule has 6 heteroatoms. The Kier molecular flexibility index (Phi) is 4.57. The molecular formula is C16H24N4O2. The first-order chi connectivity index (χ1) is 10.6. The number of hydrogen-bond donors (Lipinski definition) is 0. The molecule has 1 saturated carbocycles. The van der Waals surface area contributed by atoms with Gasteiger partial charge < -0.3 is 9.80 Å². The average Bonchev–Trinajstić information content (AvgIpc) is 2.45. The van der Waals surface area contributed by atoms with Gasteiger partial charge in [-0.25, -0.2) is 4.98 Å². The highest BCUT2D eigenvalue weighted by Crippen LogP contribution is 2.34. The topological polar surface area (TPSA) is 58.4 Å². The van der Waals surface area contributed by atoms with E-state index in [-0.39, 0.29) is 11.5 Å². The van der Waals surface area contributed by atoms with E-state index in [1.807, 2.05) is 4.90 Å². The molecule has 0 spiro atoms. The monoisotopic (exact) mass is 304 g/mol. The van der Waals surface area contributed by atoms with E-state index >= 15 is 0 Å². The Morgan fingerprint density at radius 2 is 2.00 bits per heavy atom. The molecule has 3 rings (SSSR count). The zero-order chi connectivity index (χ0) is 15.5. The highest BCUT2D eigenvalue weighted by Gasteiger charge is 2.22. The molecule has 0 atom stereocenters. The van der Waals surface area contributed by atoms with Gasteiger partial charge in [-0.1, -0.05) is 6.42 Å². The summed E-state index contributed by atoms with van der Waals surface area (Å²) < 4.78 is 1.55. The summed E-state index contributed by atoms with van der Waals surface area (Å²) in [7, 11) is 2.07. The fraction of sp³-hybridized carbons (Fsp3) is 0.688. The van der Waals surface area contributed by atoms with Crippen LogP contribution in [0.1, 0.15) is 37.3 Å². The highest BCUT2D eigenvalue weighted by molar-refractivity contribution is 5.76. The number of aryl methyl sites for hydroxylation is 1. The third-order valence-electron chi connectivity index (χ3n) is 4.85. The van der Waals surface area contributed by atoms with Gasteiger partial charge in [-0.05, 0) is 19.9 Å². The number of amides is 1. The van der Waals surface area contributed by atoms with E-state index < -0.39 is 0 Å². The Balaban J connectivity index is 1.54. The summed E-state index contributed by atoms with van der Waals surface area (Å²) in [5.41, 5.74) is 0.876. The fourth-order valence-electron chi connectivity index (χ4n) is 2.97. The summed E-state index contributed by atoms with van der Waals surface area (Å²) in [6.45, 7) is 3.82. The number of rotatable bonds is 4. The highest BCUT2D eigenvalue weighted by atomic mass is 16.2.